The van der Waals surface area contributed by atoms with Crippen LogP contribution in [-0.2, 0) is 24.3 Å². The Morgan fingerprint density at radius 3 is 2.50 bits per heavy atom. The van der Waals surface area contributed by atoms with Crippen molar-refractivity contribution in [2.24, 2.45) is 5.92 Å². The van der Waals surface area contributed by atoms with Gasteiger partial charge >= 0.3 is 5.97 Å². The lowest BCUT2D eigenvalue weighted by molar-refractivity contribution is -0.160. The molecule has 2 aliphatic rings. The highest BCUT2D eigenvalue weighted by Gasteiger charge is 2.35. The molecule has 1 amide bonds. The highest BCUT2D eigenvalue weighted by molar-refractivity contribution is 7.89. The molecule has 4 rings (SSSR count). The average molecular weight is 491 g/mol. The third kappa shape index (κ3) is 5.07. The third-order valence-electron chi connectivity index (χ3n) is 6.18. The summed E-state index contributed by atoms with van der Waals surface area (Å²) in [6.07, 6.45) is 0.0727. The zero-order chi connectivity index (χ0) is 24.3. The van der Waals surface area contributed by atoms with Crippen LogP contribution in [0.1, 0.15) is 37.8 Å². The van der Waals surface area contributed by atoms with Crippen LogP contribution in [0.3, 0.4) is 0 Å². The number of para-hydroxylation sites is 1. The Balaban J connectivity index is 1.30. The number of hydrogen-bond acceptors (Lipinski definition) is 6. The third-order valence-corrected chi connectivity index (χ3v) is 8.11. The first-order chi connectivity index (χ1) is 16.3. The SMILES string of the molecule is CC(OC(=O)C1CCN(S(=O)(=O)c2ccccc2F)CC1)C(=O)NC1CCOc2ccccc21. The van der Waals surface area contributed by atoms with Crippen molar-refractivity contribution in [3.8, 4) is 5.75 Å². The summed E-state index contributed by atoms with van der Waals surface area (Å²) < 4.78 is 51.6. The standard InChI is InChI=1S/C24H27FN2O6S/c1-16(23(28)26-20-12-15-32-21-8-4-2-6-18(20)21)33-24(29)17-10-13-27(14-11-17)34(30,31)22-9-5-3-7-19(22)25/h2-9,16-17,20H,10-15H2,1H3,(H,26,28). The fourth-order valence-electron chi connectivity index (χ4n) is 4.23. The monoisotopic (exact) mass is 490 g/mol. The molecule has 2 aliphatic heterocycles. The Morgan fingerprint density at radius 1 is 1.09 bits per heavy atom. The number of nitrogens with one attached hydrogen (secondary N) is 1. The number of ether oxygens (including phenoxy) is 2. The number of piperidine rings is 1. The summed E-state index contributed by atoms with van der Waals surface area (Å²) >= 11 is 0. The normalized spacial score (nSPS) is 20.0. The number of halogens is 1. The largest absolute Gasteiger partial charge is 0.493 e. The second kappa shape index (κ2) is 10.1. The molecule has 1 saturated heterocycles. The van der Waals surface area contributed by atoms with E-state index in [-0.39, 0.29) is 36.9 Å². The molecule has 10 heteroatoms. The van der Waals surface area contributed by atoms with Crippen LogP contribution >= 0.6 is 0 Å². The molecule has 2 atom stereocenters. The average Bonchev–Trinajstić information content (AvgIpc) is 2.84. The summed E-state index contributed by atoms with van der Waals surface area (Å²) in [7, 11) is -3.99. The van der Waals surface area contributed by atoms with Crippen molar-refractivity contribution in [1.82, 2.24) is 9.62 Å². The molecule has 1 N–H and O–H groups in total. The summed E-state index contributed by atoms with van der Waals surface area (Å²) in [5.41, 5.74) is 0.879. The summed E-state index contributed by atoms with van der Waals surface area (Å²) in [5, 5.41) is 2.91. The molecule has 0 radical (unpaired) electrons. The number of sulfonamides is 1. The van der Waals surface area contributed by atoms with Gasteiger partial charge in [0, 0.05) is 25.1 Å². The van der Waals surface area contributed by atoms with Crippen LogP contribution in [0.15, 0.2) is 53.4 Å². The van der Waals surface area contributed by atoms with E-state index in [2.05, 4.69) is 5.32 Å². The molecule has 0 bridgehead atoms. The number of nitrogens with zero attached hydrogens (tertiary/aromatic N) is 1. The minimum absolute atomic E-state index is 0.0653. The van der Waals surface area contributed by atoms with Gasteiger partial charge in [-0.1, -0.05) is 30.3 Å². The molecular formula is C24H27FN2O6S. The van der Waals surface area contributed by atoms with Crippen LogP contribution in [-0.4, -0.2) is 50.4 Å². The van der Waals surface area contributed by atoms with Gasteiger partial charge in [-0.25, -0.2) is 12.8 Å². The topological polar surface area (TPSA) is 102 Å². The summed E-state index contributed by atoms with van der Waals surface area (Å²) in [6, 6.07) is 12.4. The van der Waals surface area contributed by atoms with E-state index < -0.39 is 39.7 Å². The number of amides is 1. The van der Waals surface area contributed by atoms with Gasteiger partial charge in [0.05, 0.1) is 18.6 Å². The summed E-state index contributed by atoms with van der Waals surface area (Å²) in [5.74, 6) is -1.57. The Morgan fingerprint density at radius 2 is 1.76 bits per heavy atom. The Labute approximate surface area is 198 Å². The summed E-state index contributed by atoms with van der Waals surface area (Å²) in [6.45, 7) is 2.12. The number of carbonyl (C=O) groups is 2. The van der Waals surface area contributed by atoms with E-state index in [4.69, 9.17) is 9.47 Å². The number of fused-ring (bicyclic) bond motifs is 1. The van der Waals surface area contributed by atoms with E-state index in [1.165, 1.54) is 29.4 Å². The van der Waals surface area contributed by atoms with Gasteiger partial charge in [-0.2, -0.15) is 4.31 Å². The number of rotatable bonds is 6. The minimum atomic E-state index is -3.99. The molecule has 0 spiro atoms. The van der Waals surface area contributed by atoms with Crippen LogP contribution in [0.5, 0.6) is 5.75 Å². The molecule has 1 fully saturated rings. The molecule has 8 nitrogen and oxygen atoms in total. The first-order valence-electron chi connectivity index (χ1n) is 11.2. The second-order valence-corrected chi connectivity index (χ2v) is 10.3. The maximum atomic E-state index is 14.0. The van der Waals surface area contributed by atoms with Crippen molar-refractivity contribution in [2.75, 3.05) is 19.7 Å². The number of benzene rings is 2. The zero-order valence-corrected chi connectivity index (χ0v) is 19.6. The van der Waals surface area contributed by atoms with Crippen molar-refractivity contribution in [3.05, 3.63) is 59.9 Å². The Bertz CT molecular complexity index is 1160. The number of carbonyl (C=O) groups excluding carboxylic acids is 2. The van der Waals surface area contributed by atoms with Gasteiger partial charge in [0.15, 0.2) is 6.10 Å². The van der Waals surface area contributed by atoms with E-state index >= 15 is 0 Å². The predicted octanol–water partition coefficient (Wildman–Crippen LogP) is 2.80. The molecule has 34 heavy (non-hydrogen) atoms. The van der Waals surface area contributed by atoms with E-state index in [0.29, 0.717) is 13.0 Å². The molecule has 2 unspecified atom stereocenters. The highest BCUT2D eigenvalue weighted by atomic mass is 32.2. The second-order valence-electron chi connectivity index (χ2n) is 8.42. The molecule has 0 aromatic heterocycles. The molecule has 182 valence electrons. The predicted molar refractivity (Wildman–Crippen MR) is 121 cm³/mol. The quantitative estimate of drug-likeness (QED) is 0.625. The van der Waals surface area contributed by atoms with Crippen LogP contribution in [0.2, 0.25) is 0 Å². The van der Waals surface area contributed by atoms with Gasteiger partial charge in [-0.15, -0.1) is 0 Å². The van der Waals surface area contributed by atoms with E-state index in [1.807, 2.05) is 24.3 Å². The molecule has 0 aliphatic carbocycles. The van der Waals surface area contributed by atoms with Crippen molar-refractivity contribution < 1.29 is 31.9 Å². The maximum absolute atomic E-state index is 14.0. The number of hydrogen-bond donors (Lipinski definition) is 1. The minimum Gasteiger partial charge on any atom is -0.493 e. The van der Waals surface area contributed by atoms with Crippen molar-refractivity contribution in [3.63, 3.8) is 0 Å². The van der Waals surface area contributed by atoms with Crippen molar-refractivity contribution in [2.45, 2.75) is 43.2 Å². The zero-order valence-electron chi connectivity index (χ0n) is 18.8. The molecule has 2 aromatic rings. The lowest BCUT2D eigenvalue weighted by Crippen LogP contribution is -2.43. The Hall–Kier alpha value is -2.98. The molecule has 2 heterocycles. The summed E-state index contributed by atoms with van der Waals surface area (Å²) in [4.78, 5) is 24.9. The number of esters is 1. The van der Waals surface area contributed by atoms with E-state index in [0.717, 1.165) is 17.4 Å². The lowest BCUT2D eigenvalue weighted by atomic mass is 9.98. The molecular weight excluding hydrogens is 463 g/mol. The van der Waals surface area contributed by atoms with Gasteiger partial charge in [0.1, 0.15) is 16.5 Å². The fraction of sp³-hybridized carbons (Fsp3) is 0.417. The van der Waals surface area contributed by atoms with Crippen LogP contribution in [0.25, 0.3) is 0 Å². The van der Waals surface area contributed by atoms with Crippen LogP contribution in [0.4, 0.5) is 4.39 Å². The van der Waals surface area contributed by atoms with Crippen molar-refractivity contribution in [1.29, 1.82) is 0 Å². The molecule has 0 saturated carbocycles. The van der Waals surface area contributed by atoms with Crippen LogP contribution in [0, 0.1) is 11.7 Å². The van der Waals surface area contributed by atoms with E-state index in [9.17, 15) is 22.4 Å². The smallest absolute Gasteiger partial charge is 0.309 e. The first kappa shape index (κ1) is 24.2. The Kier molecular flexibility index (Phi) is 7.18. The fourth-order valence-corrected chi connectivity index (χ4v) is 5.76. The van der Waals surface area contributed by atoms with Gasteiger partial charge in [0.2, 0.25) is 10.0 Å². The maximum Gasteiger partial charge on any atom is 0.309 e. The first-order valence-corrected chi connectivity index (χ1v) is 12.7. The van der Waals surface area contributed by atoms with E-state index in [1.54, 1.807) is 0 Å². The van der Waals surface area contributed by atoms with Gasteiger partial charge in [-0.05, 0) is 38.0 Å². The lowest BCUT2D eigenvalue weighted by Gasteiger charge is -2.31. The van der Waals surface area contributed by atoms with Crippen LogP contribution < -0.4 is 10.1 Å². The van der Waals surface area contributed by atoms with Gasteiger partial charge in [0.25, 0.3) is 5.91 Å². The van der Waals surface area contributed by atoms with Gasteiger partial charge in [-0.3, -0.25) is 9.59 Å². The van der Waals surface area contributed by atoms with Gasteiger partial charge < -0.3 is 14.8 Å². The molecule has 2 aromatic carbocycles. The van der Waals surface area contributed by atoms with Crippen molar-refractivity contribution >= 4 is 21.9 Å². The highest BCUT2D eigenvalue weighted by Crippen LogP contribution is 2.32.